The van der Waals surface area contributed by atoms with Gasteiger partial charge in [0.25, 0.3) is 0 Å². The standard InChI is InChI=1S/C25H39N5O7/c1-13(2)11-17(26)22(33)29-19(12-15-5-7-16(31)8-6-15)24(35)28-18(9-10-20(27)32)23(34)30-21(14(3)4)25(36)37/h5-8,13-14,17-19,21,31H,9-12,26H2,1-4H3,(H2,27,32)(H,28,35)(H,29,33)(H,30,34)(H,36,37). The van der Waals surface area contributed by atoms with Crippen molar-refractivity contribution in [3.05, 3.63) is 29.8 Å². The molecule has 0 spiro atoms. The second-order valence-electron chi connectivity index (χ2n) is 9.80. The third kappa shape index (κ3) is 11.3. The number of hydrogen-bond acceptors (Lipinski definition) is 7. The van der Waals surface area contributed by atoms with Crippen molar-refractivity contribution in [3.8, 4) is 5.75 Å². The number of amides is 4. The van der Waals surface area contributed by atoms with Gasteiger partial charge >= 0.3 is 5.97 Å². The average Bonchev–Trinajstić information content (AvgIpc) is 2.79. The van der Waals surface area contributed by atoms with Crippen LogP contribution in [0.25, 0.3) is 0 Å². The average molecular weight is 522 g/mol. The second-order valence-corrected chi connectivity index (χ2v) is 9.80. The molecule has 1 rings (SSSR count). The molecule has 0 saturated carbocycles. The highest BCUT2D eigenvalue weighted by Gasteiger charge is 2.31. The van der Waals surface area contributed by atoms with Gasteiger partial charge in [0.05, 0.1) is 6.04 Å². The van der Waals surface area contributed by atoms with Crippen LogP contribution in [0.15, 0.2) is 24.3 Å². The summed E-state index contributed by atoms with van der Waals surface area (Å²) in [5.41, 5.74) is 11.8. The zero-order valence-corrected chi connectivity index (χ0v) is 21.7. The van der Waals surface area contributed by atoms with Gasteiger partial charge in [0.1, 0.15) is 23.9 Å². The molecule has 37 heavy (non-hydrogen) atoms. The normalized spacial score (nSPS) is 14.4. The van der Waals surface area contributed by atoms with Crippen LogP contribution in [0.4, 0.5) is 0 Å². The van der Waals surface area contributed by atoms with Crippen LogP contribution in [-0.4, -0.2) is 64.0 Å². The monoisotopic (exact) mass is 521 g/mol. The molecule has 1 aromatic carbocycles. The van der Waals surface area contributed by atoms with E-state index in [1.807, 2.05) is 13.8 Å². The Bertz CT molecular complexity index is 949. The van der Waals surface area contributed by atoms with Crippen LogP contribution in [0.1, 0.15) is 52.5 Å². The lowest BCUT2D eigenvalue weighted by Gasteiger charge is -2.26. The van der Waals surface area contributed by atoms with Gasteiger partial charge in [0.15, 0.2) is 0 Å². The number of carboxylic acids is 1. The van der Waals surface area contributed by atoms with E-state index in [9.17, 15) is 34.2 Å². The summed E-state index contributed by atoms with van der Waals surface area (Å²) in [6, 6.07) is 1.48. The first-order valence-electron chi connectivity index (χ1n) is 12.2. The fourth-order valence-corrected chi connectivity index (χ4v) is 3.57. The Balaban J connectivity index is 3.17. The minimum atomic E-state index is -1.29. The number of carbonyl (C=O) groups is 5. The Morgan fingerprint density at radius 2 is 1.41 bits per heavy atom. The molecule has 0 aromatic heterocycles. The molecule has 0 saturated heterocycles. The number of phenolic OH excluding ortho intramolecular Hbond substituents is 1. The van der Waals surface area contributed by atoms with Crippen LogP contribution in [0.3, 0.4) is 0 Å². The third-order valence-electron chi connectivity index (χ3n) is 5.61. The lowest BCUT2D eigenvalue weighted by molar-refractivity contribution is -0.143. The molecule has 0 bridgehead atoms. The first-order chi connectivity index (χ1) is 17.2. The molecule has 4 amide bonds. The lowest BCUT2D eigenvalue weighted by atomic mass is 10.0. The number of nitrogens with one attached hydrogen (secondary N) is 3. The van der Waals surface area contributed by atoms with Gasteiger partial charge in [0.2, 0.25) is 23.6 Å². The SMILES string of the molecule is CC(C)CC(N)C(=O)NC(Cc1ccc(O)cc1)C(=O)NC(CCC(N)=O)C(=O)NC(C(=O)O)C(C)C. The highest BCUT2D eigenvalue weighted by atomic mass is 16.4. The van der Waals surface area contributed by atoms with Gasteiger partial charge in [-0.3, -0.25) is 19.2 Å². The van der Waals surface area contributed by atoms with Crippen molar-refractivity contribution in [1.29, 1.82) is 0 Å². The molecule has 0 fully saturated rings. The number of benzene rings is 1. The summed E-state index contributed by atoms with van der Waals surface area (Å²) >= 11 is 0. The van der Waals surface area contributed by atoms with Crippen molar-refractivity contribution in [2.24, 2.45) is 23.3 Å². The summed E-state index contributed by atoms with van der Waals surface area (Å²) in [6.45, 7) is 7.02. The molecule has 4 atom stereocenters. The van der Waals surface area contributed by atoms with Crippen LogP contribution >= 0.6 is 0 Å². The van der Waals surface area contributed by atoms with Crippen LogP contribution < -0.4 is 27.4 Å². The molecule has 0 aliphatic rings. The van der Waals surface area contributed by atoms with Crippen molar-refractivity contribution >= 4 is 29.6 Å². The molecular formula is C25H39N5O7. The summed E-state index contributed by atoms with van der Waals surface area (Å²) in [4.78, 5) is 61.8. The van der Waals surface area contributed by atoms with Gasteiger partial charge in [-0.05, 0) is 42.4 Å². The topological polar surface area (TPSA) is 214 Å². The van der Waals surface area contributed by atoms with E-state index in [4.69, 9.17) is 11.5 Å². The maximum Gasteiger partial charge on any atom is 0.326 e. The minimum Gasteiger partial charge on any atom is -0.508 e. The van der Waals surface area contributed by atoms with E-state index in [-0.39, 0.29) is 30.9 Å². The van der Waals surface area contributed by atoms with E-state index in [1.54, 1.807) is 26.0 Å². The number of nitrogens with two attached hydrogens (primary N) is 2. The zero-order chi connectivity index (χ0) is 28.3. The predicted molar refractivity (Wildman–Crippen MR) is 136 cm³/mol. The maximum absolute atomic E-state index is 13.3. The van der Waals surface area contributed by atoms with Crippen molar-refractivity contribution in [3.63, 3.8) is 0 Å². The Kier molecular flexibility index (Phi) is 12.5. The maximum atomic E-state index is 13.3. The Morgan fingerprint density at radius 1 is 0.865 bits per heavy atom. The smallest absolute Gasteiger partial charge is 0.326 e. The molecular weight excluding hydrogens is 482 g/mol. The Labute approximate surface area is 216 Å². The van der Waals surface area contributed by atoms with Gasteiger partial charge in [0, 0.05) is 12.8 Å². The number of aliphatic carboxylic acids is 1. The molecule has 1 aromatic rings. The highest BCUT2D eigenvalue weighted by molar-refractivity contribution is 5.94. The van der Waals surface area contributed by atoms with E-state index >= 15 is 0 Å². The van der Waals surface area contributed by atoms with Crippen molar-refractivity contribution in [2.45, 2.75) is 77.5 Å². The number of carboxylic acid groups (broad SMARTS) is 1. The first-order valence-corrected chi connectivity index (χ1v) is 12.2. The lowest BCUT2D eigenvalue weighted by Crippen LogP contribution is -2.58. The Hall–Kier alpha value is -3.67. The largest absolute Gasteiger partial charge is 0.508 e. The summed E-state index contributed by atoms with van der Waals surface area (Å²) in [7, 11) is 0. The van der Waals surface area contributed by atoms with E-state index in [1.165, 1.54) is 12.1 Å². The third-order valence-corrected chi connectivity index (χ3v) is 5.61. The first kappa shape index (κ1) is 31.4. The molecule has 0 aliphatic heterocycles. The van der Waals surface area contributed by atoms with Crippen molar-refractivity contribution in [1.82, 2.24) is 16.0 Å². The van der Waals surface area contributed by atoms with Crippen LogP contribution in [0.2, 0.25) is 0 Å². The predicted octanol–water partition coefficient (Wildman–Crippen LogP) is -0.231. The van der Waals surface area contributed by atoms with E-state index in [0.717, 1.165) is 0 Å². The number of phenols is 1. The summed E-state index contributed by atoms with van der Waals surface area (Å²) < 4.78 is 0. The highest BCUT2D eigenvalue weighted by Crippen LogP contribution is 2.13. The fourth-order valence-electron chi connectivity index (χ4n) is 3.57. The zero-order valence-electron chi connectivity index (χ0n) is 21.7. The number of hydrogen-bond donors (Lipinski definition) is 7. The molecule has 4 unspecified atom stereocenters. The van der Waals surface area contributed by atoms with Crippen LogP contribution in [0, 0.1) is 11.8 Å². The Morgan fingerprint density at radius 3 is 1.89 bits per heavy atom. The number of rotatable bonds is 15. The van der Waals surface area contributed by atoms with Gasteiger partial charge in [-0.1, -0.05) is 39.8 Å². The second kappa shape index (κ2) is 14.8. The molecule has 206 valence electrons. The molecule has 12 heteroatoms. The van der Waals surface area contributed by atoms with Crippen molar-refractivity contribution in [2.75, 3.05) is 0 Å². The molecule has 0 aliphatic carbocycles. The van der Waals surface area contributed by atoms with Gasteiger partial charge in [-0.15, -0.1) is 0 Å². The fraction of sp³-hybridized carbons (Fsp3) is 0.560. The van der Waals surface area contributed by atoms with Crippen LogP contribution in [-0.2, 0) is 30.4 Å². The van der Waals surface area contributed by atoms with E-state index in [2.05, 4.69) is 16.0 Å². The van der Waals surface area contributed by atoms with E-state index in [0.29, 0.717) is 12.0 Å². The number of primary amides is 1. The summed E-state index contributed by atoms with van der Waals surface area (Å²) in [5, 5.41) is 26.5. The van der Waals surface area contributed by atoms with Gasteiger partial charge in [-0.2, -0.15) is 0 Å². The molecule has 0 heterocycles. The summed E-state index contributed by atoms with van der Waals surface area (Å²) in [6.07, 6.45) is -0.0227. The summed E-state index contributed by atoms with van der Waals surface area (Å²) in [5.74, 6) is -4.35. The number of carbonyl (C=O) groups excluding carboxylic acids is 4. The molecule has 12 nitrogen and oxygen atoms in total. The quantitative estimate of drug-likeness (QED) is 0.163. The minimum absolute atomic E-state index is 0.0140. The van der Waals surface area contributed by atoms with Gasteiger partial charge in [-0.25, -0.2) is 4.79 Å². The van der Waals surface area contributed by atoms with Crippen LogP contribution in [0.5, 0.6) is 5.75 Å². The van der Waals surface area contributed by atoms with Gasteiger partial charge < -0.3 is 37.6 Å². The van der Waals surface area contributed by atoms with E-state index < -0.39 is 59.7 Å². The molecule has 0 radical (unpaired) electrons. The molecule has 9 N–H and O–H groups in total. The number of aromatic hydroxyl groups is 1. The van der Waals surface area contributed by atoms with Crippen molar-refractivity contribution < 1.29 is 34.2 Å².